The molecular formula is C36H56N6O8. The summed E-state index contributed by atoms with van der Waals surface area (Å²) in [6, 6.07) is 4.14. The Kier molecular flexibility index (Phi) is 16.4. The van der Waals surface area contributed by atoms with Crippen molar-refractivity contribution in [1.82, 2.24) is 20.9 Å². The Morgan fingerprint density at radius 3 is 2.14 bits per heavy atom. The Bertz CT molecular complexity index is 1360. The third-order valence-electron chi connectivity index (χ3n) is 8.44. The number of hydrogen-bond acceptors (Lipinski definition) is 8. The molecule has 7 amide bonds. The van der Waals surface area contributed by atoms with Gasteiger partial charge in [0, 0.05) is 37.5 Å². The molecule has 6 N–H and O–H groups in total. The topological polar surface area (TPSA) is 206 Å². The van der Waals surface area contributed by atoms with Crippen LogP contribution in [0.15, 0.2) is 24.3 Å². The van der Waals surface area contributed by atoms with Crippen LogP contribution in [0.4, 0.5) is 10.5 Å². The molecular weight excluding hydrogens is 644 g/mol. The van der Waals surface area contributed by atoms with E-state index < -0.39 is 35.3 Å². The molecule has 1 fully saturated rings. The van der Waals surface area contributed by atoms with Gasteiger partial charge in [0.15, 0.2) is 0 Å². The van der Waals surface area contributed by atoms with E-state index in [0.29, 0.717) is 37.9 Å². The third kappa shape index (κ3) is 13.8. The summed E-state index contributed by atoms with van der Waals surface area (Å²) in [5, 5.41) is 10.8. The normalized spacial score (nSPS) is 15.9. The van der Waals surface area contributed by atoms with Crippen molar-refractivity contribution >= 4 is 47.2 Å². The first-order valence-corrected chi connectivity index (χ1v) is 17.4. The van der Waals surface area contributed by atoms with E-state index in [9.17, 15) is 33.6 Å². The van der Waals surface area contributed by atoms with Gasteiger partial charge in [0.2, 0.25) is 29.5 Å². The van der Waals surface area contributed by atoms with Crippen molar-refractivity contribution in [3.63, 3.8) is 0 Å². The molecule has 2 rings (SSSR count). The zero-order valence-corrected chi connectivity index (χ0v) is 30.6. The Morgan fingerprint density at radius 1 is 0.920 bits per heavy atom. The molecule has 1 aromatic carbocycles. The van der Waals surface area contributed by atoms with Crippen LogP contribution in [0.5, 0.6) is 0 Å². The number of nitrogens with one attached hydrogen (secondary N) is 4. The molecule has 0 aromatic heterocycles. The van der Waals surface area contributed by atoms with Crippen molar-refractivity contribution < 1.29 is 38.3 Å². The van der Waals surface area contributed by atoms with Gasteiger partial charge in [-0.25, -0.2) is 4.79 Å². The summed E-state index contributed by atoms with van der Waals surface area (Å²) in [5.74, 6) is -2.42. The first-order valence-electron chi connectivity index (χ1n) is 17.4. The van der Waals surface area contributed by atoms with Crippen molar-refractivity contribution in [1.29, 1.82) is 0 Å². The first-order chi connectivity index (χ1) is 23.4. The van der Waals surface area contributed by atoms with Gasteiger partial charge >= 0.3 is 12.0 Å². The number of rotatable bonds is 19. The quantitative estimate of drug-likeness (QED) is 0.0820. The van der Waals surface area contributed by atoms with Crippen LogP contribution in [0.25, 0.3) is 0 Å². The van der Waals surface area contributed by atoms with Crippen LogP contribution < -0.4 is 27.0 Å². The Hall–Kier alpha value is -4.49. The first kappa shape index (κ1) is 41.7. The van der Waals surface area contributed by atoms with Crippen LogP contribution >= 0.6 is 0 Å². The molecule has 0 radical (unpaired) electrons. The number of amides is 7. The lowest BCUT2D eigenvalue weighted by molar-refractivity contribution is -0.154. The predicted octanol–water partition coefficient (Wildman–Crippen LogP) is 3.38. The van der Waals surface area contributed by atoms with Gasteiger partial charge in [-0.3, -0.25) is 33.7 Å². The molecule has 1 aliphatic heterocycles. The fourth-order valence-electron chi connectivity index (χ4n) is 5.30. The Morgan fingerprint density at radius 2 is 1.58 bits per heavy atom. The second-order valence-electron chi connectivity index (χ2n) is 14.5. The minimum atomic E-state index is -0.992. The zero-order chi connectivity index (χ0) is 37.6. The summed E-state index contributed by atoms with van der Waals surface area (Å²) in [4.78, 5) is 88.9. The number of unbranched alkanes of at least 4 members (excludes halogenated alkanes) is 2. The Labute approximate surface area is 295 Å². The van der Waals surface area contributed by atoms with E-state index in [1.165, 1.54) is 4.90 Å². The van der Waals surface area contributed by atoms with Crippen LogP contribution in [0.1, 0.15) is 99.0 Å². The van der Waals surface area contributed by atoms with Crippen molar-refractivity contribution in [2.45, 2.75) is 112 Å². The lowest BCUT2D eigenvalue weighted by Gasteiger charge is -2.25. The molecule has 0 saturated carbocycles. The van der Waals surface area contributed by atoms with Gasteiger partial charge in [0.1, 0.15) is 18.7 Å². The fraction of sp³-hybridized carbons (Fsp3) is 0.639. The minimum absolute atomic E-state index is 0.0810. The molecule has 50 heavy (non-hydrogen) atoms. The second kappa shape index (κ2) is 19.6. The monoisotopic (exact) mass is 700 g/mol. The summed E-state index contributed by atoms with van der Waals surface area (Å²) in [6.45, 7) is 13.3. The van der Waals surface area contributed by atoms with E-state index in [-0.39, 0.29) is 73.9 Å². The third-order valence-corrected chi connectivity index (χ3v) is 8.44. The number of urea groups is 1. The molecule has 1 aromatic rings. The fourth-order valence-corrected chi connectivity index (χ4v) is 5.30. The van der Waals surface area contributed by atoms with E-state index in [4.69, 9.17) is 10.5 Å². The number of nitrogens with two attached hydrogens (primary N) is 1. The lowest BCUT2D eigenvalue weighted by atomic mass is 9.94. The van der Waals surface area contributed by atoms with Crippen LogP contribution in [-0.2, 0) is 40.1 Å². The number of likely N-dealkylation sites (tertiary alicyclic amines) is 1. The number of imide groups is 1. The molecule has 0 bridgehead atoms. The van der Waals surface area contributed by atoms with Crippen LogP contribution in [-0.4, -0.2) is 71.6 Å². The van der Waals surface area contributed by atoms with E-state index in [0.717, 1.165) is 5.56 Å². The van der Waals surface area contributed by atoms with Crippen molar-refractivity contribution in [2.24, 2.45) is 28.9 Å². The number of benzene rings is 1. The number of carbonyl (C=O) groups is 7. The second-order valence-corrected chi connectivity index (χ2v) is 14.5. The predicted molar refractivity (Wildman–Crippen MR) is 188 cm³/mol. The molecule has 0 spiro atoms. The van der Waals surface area contributed by atoms with E-state index in [2.05, 4.69) is 21.3 Å². The number of anilines is 1. The summed E-state index contributed by atoms with van der Waals surface area (Å²) in [7, 11) is 0. The van der Waals surface area contributed by atoms with Gasteiger partial charge in [-0.1, -0.05) is 46.2 Å². The summed E-state index contributed by atoms with van der Waals surface area (Å²) < 4.78 is 5.34. The highest BCUT2D eigenvalue weighted by molar-refractivity contribution is 6.03. The Balaban J connectivity index is 1.95. The van der Waals surface area contributed by atoms with Crippen molar-refractivity contribution in [3.05, 3.63) is 29.8 Å². The minimum Gasteiger partial charge on any atom is -0.460 e. The van der Waals surface area contributed by atoms with Crippen LogP contribution in [0.2, 0.25) is 0 Å². The van der Waals surface area contributed by atoms with E-state index in [1.807, 2.05) is 13.8 Å². The average Bonchev–Trinajstić information content (AvgIpc) is 3.32. The standard InChI is InChI=1S/C36H56N6O8/c1-22(2)26-20-29(44)42(33(26)47)19-10-8-9-13-28(43)41-30(23(3)4)32(46)40-27(12-11-18-38-35(37)49)31(45)39-25-16-14-24(15-17-25)21-50-34(48)36(5,6)7/h14-17,22-23,26-27,30H,8-13,18-21H2,1-7H3,(H,39,45)(H,40,46)(H,41,43)(H3,37,38,49)/t26?,27-,30?/m0/s1. The molecule has 3 atom stereocenters. The van der Waals surface area contributed by atoms with E-state index >= 15 is 0 Å². The maximum Gasteiger partial charge on any atom is 0.312 e. The highest BCUT2D eigenvalue weighted by atomic mass is 16.5. The van der Waals surface area contributed by atoms with Gasteiger partial charge < -0.3 is 31.7 Å². The van der Waals surface area contributed by atoms with E-state index in [1.54, 1.807) is 58.9 Å². The number of carbonyl (C=O) groups excluding carboxylic acids is 7. The van der Waals surface area contributed by atoms with Gasteiger partial charge in [0.05, 0.1) is 5.41 Å². The molecule has 14 nitrogen and oxygen atoms in total. The van der Waals surface area contributed by atoms with Gasteiger partial charge in [-0.05, 0) is 76.0 Å². The van der Waals surface area contributed by atoms with Gasteiger partial charge in [-0.15, -0.1) is 0 Å². The number of esters is 1. The van der Waals surface area contributed by atoms with Crippen LogP contribution in [0.3, 0.4) is 0 Å². The number of ether oxygens (including phenoxy) is 1. The van der Waals surface area contributed by atoms with Gasteiger partial charge in [0.25, 0.3) is 0 Å². The van der Waals surface area contributed by atoms with Crippen molar-refractivity contribution in [2.75, 3.05) is 18.4 Å². The SMILES string of the molecule is CC(C)C1CC(=O)N(CCCCCC(=O)NC(C(=O)N[C@@H](CCCNC(N)=O)C(=O)Nc2ccc(COC(=O)C(C)(C)C)cc2)C(C)C)C1=O. The molecule has 1 aliphatic rings. The van der Waals surface area contributed by atoms with Gasteiger partial charge in [-0.2, -0.15) is 0 Å². The van der Waals surface area contributed by atoms with Crippen molar-refractivity contribution in [3.8, 4) is 0 Å². The maximum absolute atomic E-state index is 13.4. The smallest absolute Gasteiger partial charge is 0.312 e. The number of hydrogen-bond donors (Lipinski definition) is 5. The summed E-state index contributed by atoms with van der Waals surface area (Å²) in [6.07, 6.45) is 2.63. The molecule has 0 aliphatic carbocycles. The summed E-state index contributed by atoms with van der Waals surface area (Å²) in [5.41, 5.74) is 5.72. The average molecular weight is 701 g/mol. The highest BCUT2D eigenvalue weighted by Crippen LogP contribution is 2.26. The zero-order valence-electron chi connectivity index (χ0n) is 30.6. The lowest BCUT2D eigenvalue weighted by Crippen LogP contribution is -2.54. The number of primary amides is 1. The summed E-state index contributed by atoms with van der Waals surface area (Å²) >= 11 is 0. The highest BCUT2D eigenvalue weighted by Gasteiger charge is 2.39. The largest absolute Gasteiger partial charge is 0.460 e. The molecule has 278 valence electrons. The molecule has 14 heteroatoms. The number of nitrogens with zero attached hydrogens (tertiary/aromatic N) is 1. The molecule has 1 saturated heterocycles. The maximum atomic E-state index is 13.4. The molecule has 2 unspecified atom stereocenters. The molecule has 1 heterocycles. The van der Waals surface area contributed by atoms with Crippen LogP contribution in [0, 0.1) is 23.2 Å².